The summed E-state index contributed by atoms with van der Waals surface area (Å²) in [4.78, 5) is 45.2. The van der Waals surface area contributed by atoms with Gasteiger partial charge < -0.3 is 26.6 Å². The zero-order valence-electron chi connectivity index (χ0n) is 19.6. The van der Waals surface area contributed by atoms with E-state index in [1.165, 1.54) is 4.57 Å². The number of urea groups is 1. The van der Waals surface area contributed by atoms with Crippen molar-refractivity contribution in [1.82, 2.24) is 24.7 Å². The molecule has 1 aromatic carbocycles. The van der Waals surface area contributed by atoms with Crippen LogP contribution in [0.5, 0.6) is 0 Å². The fourth-order valence-corrected chi connectivity index (χ4v) is 5.27. The van der Waals surface area contributed by atoms with Crippen LogP contribution in [0.4, 0.5) is 10.6 Å². The minimum atomic E-state index is -0.599. The van der Waals surface area contributed by atoms with E-state index < -0.39 is 11.7 Å². The lowest BCUT2D eigenvalue weighted by molar-refractivity contribution is -0.132. The lowest BCUT2D eigenvalue weighted by Crippen LogP contribution is -2.48. The molecule has 6 N–H and O–H groups in total. The van der Waals surface area contributed by atoms with E-state index in [4.69, 9.17) is 11.5 Å². The highest BCUT2D eigenvalue weighted by Crippen LogP contribution is 2.50. The van der Waals surface area contributed by atoms with Crippen molar-refractivity contribution in [3.8, 4) is 5.69 Å². The van der Waals surface area contributed by atoms with Crippen LogP contribution in [0.1, 0.15) is 5.56 Å². The summed E-state index contributed by atoms with van der Waals surface area (Å²) >= 11 is 0. The summed E-state index contributed by atoms with van der Waals surface area (Å²) in [5.41, 5.74) is 13.0. The number of nitrogens with one attached hydrogen (secondary N) is 2. The molecule has 3 amide bonds. The van der Waals surface area contributed by atoms with Crippen LogP contribution < -0.4 is 27.8 Å². The number of piperidine rings is 1. The summed E-state index contributed by atoms with van der Waals surface area (Å²) in [5.74, 6) is 1.86. The molecule has 11 heteroatoms. The molecule has 35 heavy (non-hydrogen) atoms. The Bertz CT molecular complexity index is 1130. The van der Waals surface area contributed by atoms with Gasteiger partial charge in [0.15, 0.2) is 0 Å². The predicted octanol–water partition coefficient (Wildman–Crippen LogP) is -0.797. The SMILES string of the molecule is NCC1C2CN(C(=O)[C@@H](N)Cc3ccc(-n4ccc(NC(=O)N5CCNCC5)nc4=O)cc3)CC12. The van der Waals surface area contributed by atoms with Crippen LogP contribution in [-0.4, -0.2) is 83.1 Å². The second kappa shape index (κ2) is 9.76. The number of amides is 3. The fourth-order valence-electron chi connectivity index (χ4n) is 5.27. The smallest absolute Gasteiger partial charge is 0.341 e. The molecule has 3 aliphatic rings. The van der Waals surface area contributed by atoms with Crippen molar-refractivity contribution in [2.24, 2.45) is 29.2 Å². The Labute approximate surface area is 203 Å². The predicted molar refractivity (Wildman–Crippen MR) is 131 cm³/mol. The molecule has 186 valence electrons. The summed E-state index contributed by atoms with van der Waals surface area (Å²) in [6.07, 6.45) is 2.01. The van der Waals surface area contributed by atoms with Gasteiger partial charge in [-0.05, 0) is 54.5 Å². The summed E-state index contributed by atoms with van der Waals surface area (Å²) in [6, 6.07) is 8.05. The lowest BCUT2D eigenvalue weighted by Gasteiger charge is -2.27. The Balaban J connectivity index is 1.17. The molecule has 2 aliphatic heterocycles. The van der Waals surface area contributed by atoms with Gasteiger partial charge in [0, 0.05) is 45.5 Å². The maximum Gasteiger partial charge on any atom is 0.354 e. The largest absolute Gasteiger partial charge is 0.354 e. The first-order valence-corrected chi connectivity index (χ1v) is 12.1. The molecule has 1 aliphatic carbocycles. The summed E-state index contributed by atoms with van der Waals surface area (Å²) in [7, 11) is 0. The van der Waals surface area contributed by atoms with Gasteiger partial charge in [0.05, 0.1) is 11.7 Å². The highest BCUT2D eigenvalue weighted by atomic mass is 16.2. The van der Waals surface area contributed by atoms with E-state index in [1.807, 2.05) is 17.0 Å². The molecule has 0 radical (unpaired) electrons. The number of rotatable bonds is 6. The second-order valence-corrected chi connectivity index (χ2v) is 9.58. The first kappa shape index (κ1) is 23.5. The molecule has 2 saturated heterocycles. The van der Waals surface area contributed by atoms with E-state index in [0.717, 1.165) is 31.7 Å². The van der Waals surface area contributed by atoms with Gasteiger partial charge in [0.25, 0.3) is 0 Å². The molecular formula is C24H32N8O3. The standard InChI is InChI=1S/C24H32N8O3/c25-12-17-18-13-31(14-19(17)18)22(33)20(26)11-15-1-3-16(4-2-15)32-8-5-21(29-24(32)35)28-23(34)30-9-6-27-7-10-30/h1-5,8,17-20,27H,6-7,9-14,25-26H2,(H,28,29,34,35)/t17?,18?,19?,20-/m0/s1. The summed E-state index contributed by atoms with van der Waals surface area (Å²) in [6.45, 7) is 4.93. The van der Waals surface area contributed by atoms with Crippen molar-refractivity contribution in [2.75, 3.05) is 51.1 Å². The van der Waals surface area contributed by atoms with Gasteiger partial charge in [-0.25, -0.2) is 9.59 Å². The van der Waals surface area contributed by atoms with Crippen molar-refractivity contribution in [3.63, 3.8) is 0 Å². The third-order valence-corrected chi connectivity index (χ3v) is 7.39. The number of hydrogen-bond donors (Lipinski definition) is 4. The van der Waals surface area contributed by atoms with E-state index in [2.05, 4.69) is 15.6 Å². The molecule has 1 saturated carbocycles. The maximum absolute atomic E-state index is 12.7. The number of carbonyl (C=O) groups excluding carboxylic acids is 2. The van der Waals surface area contributed by atoms with E-state index in [1.54, 1.807) is 29.3 Å². The third-order valence-electron chi connectivity index (χ3n) is 7.39. The van der Waals surface area contributed by atoms with E-state index in [-0.39, 0.29) is 17.8 Å². The molecule has 2 unspecified atom stereocenters. The van der Waals surface area contributed by atoms with E-state index in [0.29, 0.717) is 49.5 Å². The van der Waals surface area contributed by atoms with Crippen molar-refractivity contribution in [3.05, 3.63) is 52.6 Å². The van der Waals surface area contributed by atoms with Gasteiger partial charge >= 0.3 is 11.7 Å². The van der Waals surface area contributed by atoms with Crippen LogP contribution >= 0.6 is 0 Å². The minimum absolute atomic E-state index is 0.0177. The fraction of sp³-hybridized carbons (Fsp3) is 0.500. The highest BCUT2D eigenvalue weighted by Gasteiger charge is 2.55. The molecule has 11 nitrogen and oxygen atoms in total. The van der Waals surface area contributed by atoms with Gasteiger partial charge in [0.1, 0.15) is 5.82 Å². The number of nitrogens with two attached hydrogens (primary N) is 2. The zero-order valence-corrected chi connectivity index (χ0v) is 19.6. The Kier molecular flexibility index (Phi) is 6.54. The van der Waals surface area contributed by atoms with E-state index >= 15 is 0 Å². The first-order valence-electron chi connectivity index (χ1n) is 12.1. The topological polar surface area (TPSA) is 152 Å². The van der Waals surface area contributed by atoms with Crippen molar-refractivity contribution < 1.29 is 9.59 Å². The number of benzene rings is 1. The number of anilines is 1. The van der Waals surface area contributed by atoms with Crippen LogP contribution in [0.15, 0.2) is 41.3 Å². The monoisotopic (exact) mass is 480 g/mol. The van der Waals surface area contributed by atoms with Crippen LogP contribution in [0.2, 0.25) is 0 Å². The molecule has 0 bridgehead atoms. The Morgan fingerprint density at radius 2 is 1.77 bits per heavy atom. The van der Waals surface area contributed by atoms with Crippen LogP contribution in [0, 0.1) is 17.8 Å². The normalized spacial score (nSPS) is 24.1. The minimum Gasteiger partial charge on any atom is -0.341 e. The van der Waals surface area contributed by atoms with Crippen LogP contribution in [-0.2, 0) is 11.2 Å². The van der Waals surface area contributed by atoms with Gasteiger partial charge in [-0.1, -0.05) is 12.1 Å². The van der Waals surface area contributed by atoms with Gasteiger partial charge in [-0.15, -0.1) is 0 Å². The van der Waals surface area contributed by atoms with Crippen molar-refractivity contribution >= 4 is 17.8 Å². The number of carbonyl (C=O) groups is 2. The number of nitrogens with zero attached hydrogens (tertiary/aromatic N) is 4. The lowest BCUT2D eigenvalue weighted by atomic mass is 10.0. The van der Waals surface area contributed by atoms with Crippen LogP contribution in [0.25, 0.3) is 5.69 Å². The molecule has 2 aromatic rings. The molecule has 5 rings (SSSR count). The average molecular weight is 481 g/mol. The molecule has 3 atom stereocenters. The number of aromatic nitrogens is 2. The van der Waals surface area contributed by atoms with Gasteiger partial charge in [-0.2, -0.15) is 4.98 Å². The average Bonchev–Trinajstić information content (AvgIpc) is 3.35. The first-order chi connectivity index (χ1) is 16.9. The number of hydrogen-bond acceptors (Lipinski definition) is 7. The van der Waals surface area contributed by atoms with E-state index in [9.17, 15) is 14.4 Å². The zero-order chi connectivity index (χ0) is 24.5. The Morgan fingerprint density at radius 3 is 2.40 bits per heavy atom. The second-order valence-electron chi connectivity index (χ2n) is 9.58. The third kappa shape index (κ3) is 4.93. The molecule has 0 spiro atoms. The molecule has 3 fully saturated rings. The Hall–Kier alpha value is -3.28. The number of fused-ring (bicyclic) bond motifs is 1. The van der Waals surface area contributed by atoms with Gasteiger partial charge in [-0.3, -0.25) is 14.7 Å². The summed E-state index contributed by atoms with van der Waals surface area (Å²) in [5, 5.41) is 5.87. The van der Waals surface area contributed by atoms with Crippen LogP contribution in [0.3, 0.4) is 0 Å². The number of piperazine rings is 1. The molecular weight excluding hydrogens is 448 g/mol. The summed E-state index contributed by atoms with van der Waals surface area (Å²) < 4.78 is 1.40. The van der Waals surface area contributed by atoms with Crippen molar-refractivity contribution in [2.45, 2.75) is 12.5 Å². The number of likely N-dealkylation sites (tertiary alicyclic amines) is 1. The Morgan fingerprint density at radius 1 is 1.09 bits per heavy atom. The maximum atomic E-state index is 12.7. The molecule has 3 heterocycles. The van der Waals surface area contributed by atoms with Gasteiger partial charge in [0.2, 0.25) is 5.91 Å². The highest BCUT2D eigenvalue weighted by molar-refractivity contribution is 5.88. The van der Waals surface area contributed by atoms with Crippen molar-refractivity contribution in [1.29, 1.82) is 0 Å². The molecule has 1 aromatic heterocycles. The quantitative estimate of drug-likeness (QED) is 0.423.